The van der Waals surface area contributed by atoms with Crippen LogP contribution in [-0.4, -0.2) is 37.0 Å². The number of hydrogen-bond acceptors (Lipinski definition) is 2. The Kier molecular flexibility index (Phi) is 6.58. The highest BCUT2D eigenvalue weighted by molar-refractivity contribution is 5.78. The van der Waals surface area contributed by atoms with Gasteiger partial charge < -0.3 is 10.2 Å². The lowest BCUT2D eigenvalue weighted by molar-refractivity contribution is -0.120. The van der Waals surface area contributed by atoms with Crippen LogP contribution in [0.15, 0.2) is 30.3 Å². The molecule has 1 aromatic carbocycles. The summed E-state index contributed by atoms with van der Waals surface area (Å²) in [5.41, 5.74) is 1.08. The summed E-state index contributed by atoms with van der Waals surface area (Å²) in [4.78, 5) is 14.3. The molecule has 1 fully saturated rings. The van der Waals surface area contributed by atoms with E-state index in [-0.39, 0.29) is 5.91 Å². The molecule has 1 aliphatic heterocycles. The van der Waals surface area contributed by atoms with Gasteiger partial charge in [-0.2, -0.15) is 0 Å². The number of hydrogen-bond donors (Lipinski definition) is 1. The molecule has 0 aliphatic carbocycles. The van der Waals surface area contributed by atoms with Crippen molar-refractivity contribution in [2.45, 2.75) is 38.5 Å². The van der Waals surface area contributed by atoms with Crippen LogP contribution in [0.5, 0.6) is 0 Å². The summed E-state index contributed by atoms with van der Waals surface area (Å²) in [5.74, 6) is 0.132. The van der Waals surface area contributed by atoms with Crippen molar-refractivity contribution >= 4 is 5.91 Å². The molecule has 1 saturated heterocycles. The third-order valence-corrected chi connectivity index (χ3v) is 3.88. The zero-order chi connectivity index (χ0) is 14.0. The molecule has 0 aromatic heterocycles. The Hall–Kier alpha value is -1.35. The molecule has 1 amide bonds. The summed E-state index contributed by atoms with van der Waals surface area (Å²) in [6, 6.07) is 9.92. The molecular weight excluding hydrogens is 248 g/mol. The highest BCUT2D eigenvalue weighted by Crippen LogP contribution is 2.09. The maximum Gasteiger partial charge on any atom is 0.224 e. The second kappa shape index (κ2) is 8.75. The van der Waals surface area contributed by atoms with Crippen LogP contribution in [0.3, 0.4) is 0 Å². The number of carbonyl (C=O) groups excluding carboxylic acids is 1. The minimum absolute atomic E-state index is 0.132. The fourth-order valence-electron chi connectivity index (χ4n) is 2.73. The first-order chi connectivity index (χ1) is 9.84. The van der Waals surface area contributed by atoms with E-state index in [9.17, 15) is 4.79 Å². The van der Waals surface area contributed by atoms with Crippen LogP contribution in [0.2, 0.25) is 0 Å². The largest absolute Gasteiger partial charge is 0.356 e. The van der Waals surface area contributed by atoms with Crippen molar-refractivity contribution in [3.63, 3.8) is 0 Å². The zero-order valence-electron chi connectivity index (χ0n) is 12.3. The van der Waals surface area contributed by atoms with Crippen LogP contribution < -0.4 is 5.32 Å². The van der Waals surface area contributed by atoms with E-state index in [2.05, 4.69) is 10.2 Å². The second-order valence-corrected chi connectivity index (χ2v) is 5.62. The van der Waals surface area contributed by atoms with E-state index in [1.807, 2.05) is 30.3 Å². The van der Waals surface area contributed by atoms with Gasteiger partial charge in [-0.15, -0.1) is 0 Å². The van der Waals surface area contributed by atoms with Gasteiger partial charge in [0.2, 0.25) is 5.91 Å². The van der Waals surface area contributed by atoms with Crippen molar-refractivity contribution in [1.29, 1.82) is 0 Å². The van der Waals surface area contributed by atoms with E-state index in [0.29, 0.717) is 6.42 Å². The summed E-state index contributed by atoms with van der Waals surface area (Å²) >= 11 is 0. The van der Waals surface area contributed by atoms with Gasteiger partial charge in [0.1, 0.15) is 0 Å². The SMILES string of the molecule is O=C(Cc1ccccc1)NCCCN1CCCCCC1. The number of likely N-dealkylation sites (tertiary alicyclic amines) is 1. The molecule has 0 unspecified atom stereocenters. The molecule has 2 rings (SSSR count). The standard InChI is InChI=1S/C17H26N2O/c20-17(15-16-9-4-3-5-10-16)18-11-8-14-19-12-6-1-2-7-13-19/h3-5,9-10H,1-2,6-8,11-15H2,(H,18,20). The predicted octanol–water partition coefficient (Wildman–Crippen LogP) is 2.61. The second-order valence-electron chi connectivity index (χ2n) is 5.62. The summed E-state index contributed by atoms with van der Waals surface area (Å²) < 4.78 is 0. The first-order valence-electron chi connectivity index (χ1n) is 7.87. The monoisotopic (exact) mass is 274 g/mol. The van der Waals surface area contributed by atoms with Gasteiger partial charge in [-0.1, -0.05) is 43.2 Å². The molecule has 1 heterocycles. The van der Waals surface area contributed by atoms with Crippen LogP contribution in [0.4, 0.5) is 0 Å². The van der Waals surface area contributed by atoms with Crippen molar-refractivity contribution in [3.05, 3.63) is 35.9 Å². The molecule has 110 valence electrons. The lowest BCUT2D eigenvalue weighted by atomic mass is 10.1. The molecule has 0 spiro atoms. The predicted molar refractivity (Wildman–Crippen MR) is 82.7 cm³/mol. The number of rotatable bonds is 6. The molecule has 1 aromatic rings. The number of nitrogens with zero attached hydrogens (tertiary/aromatic N) is 1. The molecule has 0 bridgehead atoms. The van der Waals surface area contributed by atoms with Crippen LogP contribution in [-0.2, 0) is 11.2 Å². The van der Waals surface area contributed by atoms with Crippen molar-refractivity contribution in [2.24, 2.45) is 0 Å². The third kappa shape index (κ3) is 5.74. The summed E-state index contributed by atoms with van der Waals surface area (Å²) in [6.45, 7) is 4.38. The van der Waals surface area contributed by atoms with Crippen molar-refractivity contribution in [1.82, 2.24) is 10.2 Å². The van der Waals surface area contributed by atoms with Crippen molar-refractivity contribution in [2.75, 3.05) is 26.2 Å². The number of carbonyl (C=O) groups is 1. The Bertz CT molecular complexity index is 383. The van der Waals surface area contributed by atoms with Gasteiger partial charge in [0, 0.05) is 6.54 Å². The third-order valence-electron chi connectivity index (χ3n) is 3.88. The summed E-state index contributed by atoms with van der Waals surface area (Å²) in [7, 11) is 0. The average molecular weight is 274 g/mol. The van der Waals surface area contributed by atoms with Crippen molar-refractivity contribution in [3.8, 4) is 0 Å². The molecule has 1 aliphatic rings. The molecule has 1 N–H and O–H groups in total. The quantitative estimate of drug-likeness (QED) is 0.809. The smallest absolute Gasteiger partial charge is 0.224 e. The molecule has 3 nitrogen and oxygen atoms in total. The number of amides is 1. The van der Waals surface area contributed by atoms with Crippen LogP contribution in [0.25, 0.3) is 0 Å². The van der Waals surface area contributed by atoms with Crippen LogP contribution in [0.1, 0.15) is 37.7 Å². The van der Waals surface area contributed by atoms with E-state index >= 15 is 0 Å². The number of nitrogens with one attached hydrogen (secondary N) is 1. The summed E-state index contributed by atoms with van der Waals surface area (Å²) in [5, 5.41) is 3.02. The van der Waals surface area contributed by atoms with E-state index < -0.39 is 0 Å². The Morgan fingerprint density at radius 2 is 1.75 bits per heavy atom. The highest BCUT2D eigenvalue weighted by atomic mass is 16.1. The first kappa shape index (κ1) is 15.0. The molecule has 3 heteroatoms. The first-order valence-corrected chi connectivity index (χ1v) is 7.87. The van der Waals surface area contributed by atoms with E-state index in [4.69, 9.17) is 0 Å². The maximum atomic E-state index is 11.8. The van der Waals surface area contributed by atoms with Gasteiger partial charge >= 0.3 is 0 Å². The zero-order valence-corrected chi connectivity index (χ0v) is 12.3. The Labute approximate surface area is 122 Å². The summed E-state index contributed by atoms with van der Waals surface area (Å²) in [6.07, 6.45) is 6.97. The van der Waals surface area contributed by atoms with E-state index in [1.165, 1.54) is 38.8 Å². The molecule has 20 heavy (non-hydrogen) atoms. The van der Waals surface area contributed by atoms with Gasteiger partial charge in [-0.25, -0.2) is 0 Å². The minimum atomic E-state index is 0.132. The Balaban J connectivity index is 1.57. The van der Waals surface area contributed by atoms with E-state index in [1.54, 1.807) is 0 Å². The molecule has 0 atom stereocenters. The van der Waals surface area contributed by atoms with E-state index in [0.717, 1.165) is 25.1 Å². The van der Waals surface area contributed by atoms with Gasteiger partial charge in [0.05, 0.1) is 6.42 Å². The van der Waals surface area contributed by atoms with Gasteiger partial charge in [0.15, 0.2) is 0 Å². The van der Waals surface area contributed by atoms with Crippen molar-refractivity contribution < 1.29 is 4.79 Å². The molecule has 0 radical (unpaired) electrons. The molecular formula is C17H26N2O. The fraction of sp³-hybridized carbons (Fsp3) is 0.588. The Morgan fingerprint density at radius 1 is 1.05 bits per heavy atom. The van der Waals surface area contributed by atoms with Gasteiger partial charge in [-0.3, -0.25) is 4.79 Å². The number of benzene rings is 1. The minimum Gasteiger partial charge on any atom is -0.356 e. The maximum absolute atomic E-state index is 11.8. The van der Waals surface area contributed by atoms with Gasteiger partial charge in [-0.05, 0) is 44.5 Å². The fourth-order valence-corrected chi connectivity index (χ4v) is 2.73. The topological polar surface area (TPSA) is 32.3 Å². The normalized spacial score (nSPS) is 16.6. The molecule has 0 saturated carbocycles. The highest BCUT2D eigenvalue weighted by Gasteiger charge is 2.08. The van der Waals surface area contributed by atoms with Crippen LogP contribution in [0, 0.1) is 0 Å². The van der Waals surface area contributed by atoms with Gasteiger partial charge in [0.25, 0.3) is 0 Å². The lowest BCUT2D eigenvalue weighted by Gasteiger charge is -2.19. The Morgan fingerprint density at radius 3 is 2.45 bits per heavy atom. The lowest BCUT2D eigenvalue weighted by Crippen LogP contribution is -2.31. The van der Waals surface area contributed by atoms with Crippen LogP contribution >= 0.6 is 0 Å². The average Bonchev–Trinajstić information content (AvgIpc) is 2.73.